The van der Waals surface area contributed by atoms with Gasteiger partial charge in [-0.25, -0.2) is 13.2 Å². The van der Waals surface area contributed by atoms with Crippen LogP contribution in [0.1, 0.15) is 55.8 Å². The number of esters is 1. The maximum Gasteiger partial charge on any atom is 0.338 e. The second kappa shape index (κ2) is 8.39. The molecule has 2 fully saturated rings. The molecule has 1 aliphatic heterocycles. The summed E-state index contributed by atoms with van der Waals surface area (Å²) in [5.41, 5.74) is 0.218. The highest BCUT2D eigenvalue weighted by Gasteiger charge is 2.28. The molecule has 0 spiro atoms. The van der Waals surface area contributed by atoms with Gasteiger partial charge in [-0.3, -0.25) is 4.79 Å². The van der Waals surface area contributed by atoms with Gasteiger partial charge in [-0.2, -0.15) is 4.31 Å². The van der Waals surface area contributed by atoms with Gasteiger partial charge in [0.05, 0.1) is 10.5 Å². The SMILES string of the molecule is CC(OC(=O)c1ccc(S(=O)(=O)N2CCCC2)cc1)C(=O)NC1CCCC1. The minimum absolute atomic E-state index is 0.160. The van der Waals surface area contributed by atoms with Crippen molar-refractivity contribution in [3.8, 4) is 0 Å². The van der Waals surface area contributed by atoms with Crippen LogP contribution in [0, 0.1) is 0 Å². The summed E-state index contributed by atoms with van der Waals surface area (Å²) < 4.78 is 31.7. The number of nitrogens with one attached hydrogen (secondary N) is 1. The highest BCUT2D eigenvalue weighted by atomic mass is 32.2. The number of hydrogen-bond acceptors (Lipinski definition) is 5. The second-order valence-corrected chi connectivity index (χ2v) is 9.11. The predicted octanol–water partition coefficient (Wildman–Crippen LogP) is 2.08. The smallest absolute Gasteiger partial charge is 0.338 e. The zero-order valence-electron chi connectivity index (χ0n) is 15.5. The van der Waals surface area contributed by atoms with E-state index in [9.17, 15) is 18.0 Å². The zero-order chi connectivity index (χ0) is 19.4. The molecule has 0 bridgehead atoms. The maximum absolute atomic E-state index is 12.5. The molecule has 1 N–H and O–H groups in total. The van der Waals surface area contributed by atoms with Crippen molar-refractivity contribution < 1.29 is 22.7 Å². The van der Waals surface area contributed by atoms with Crippen molar-refractivity contribution >= 4 is 21.9 Å². The first-order chi connectivity index (χ1) is 12.9. The summed E-state index contributed by atoms with van der Waals surface area (Å²) in [6.45, 7) is 2.59. The topological polar surface area (TPSA) is 92.8 Å². The molecule has 1 saturated carbocycles. The Balaban J connectivity index is 1.59. The summed E-state index contributed by atoms with van der Waals surface area (Å²) in [5.74, 6) is -0.947. The number of sulfonamides is 1. The number of ether oxygens (including phenoxy) is 1. The molecular formula is C19H26N2O5S. The highest BCUT2D eigenvalue weighted by molar-refractivity contribution is 7.89. The second-order valence-electron chi connectivity index (χ2n) is 7.17. The van der Waals surface area contributed by atoms with Crippen LogP contribution >= 0.6 is 0 Å². The number of carbonyl (C=O) groups excluding carboxylic acids is 2. The lowest BCUT2D eigenvalue weighted by Crippen LogP contribution is -2.40. The maximum atomic E-state index is 12.5. The lowest BCUT2D eigenvalue weighted by atomic mass is 10.2. The van der Waals surface area contributed by atoms with Crippen LogP contribution in [-0.4, -0.2) is 49.8 Å². The van der Waals surface area contributed by atoms with E-state index in [2.05, 4.69) is 5.32 Å². The molecule has 1 saturated heterocycles. The molecule has 7 nitrogen and oxygen atoms in total. The number of hydrogen-bond donors (Lipinski definition) is 1. The Morgan fingerprint density at radius 3 is 2.26 bits per heavy atom. The summed E-state index contributed by atoms with van der Waals surface area (Å²) in [6, 6.07) is 5.83. The van der Waals surface area contributed by atoms with Gasteiger partial charge in [0.1, 0.15) is 0 Å². The molecule has 1 aromatic rings. The Bertz CT molecular complexity index is 779. The van der Waals surface area contributed by atoms with Crippen molar-refractivity contribution in [2.45, 2.75) is 62.5 Å². The third kappa shape index (κ3) is 4.68. The quantitative estimate of drug-likeness (QED) is 0.746. The van der Waals surface area contributed by atoms with Gasteiger partial charge in [-0.05, 0) is 56.9 Å². The normalized spacial score (nSPS) is 19.7. The van der Waals surface area contributed by atoms with Crippen LogP contribution in [0.2, 0.25) is 0 Å². The fourth-order valence-corrected chi connectivity index (χ4v) is 5.03. The molecule has 1 heterocycles. The van der Waals surface area contributed by atoms with Crippen molar-refractivity contribution in [1.29, 1.82) is 0 Å². The molecule has 148 valence electrons. The summed E-state index contributed by atoms with van der Waals surface area (Å²) in [4.78, 5) is 24.5. The van der Waals surface area contributed by atoms with E-state index < -0.39 is 22.1 Å². The summed E-state index contributed by atoms with van der Waals surface area (Å²) >= 11 is 0. The molecule has 0 radical (unpaired) electrons. The predicted molar refractivity (Wildman–Crippen MR) is 99.7 cm³/mol. The molecule has 8 heteroatoms. The number of amides is 1. The highest BCUT2D eigenvalue weighted by Crippen LogP contribution is 2.21. The van der Waals surface area contributed by atoms with E-state index >= 15 is 0 Å². The van der Waals surface area contributed by atoms with Crippen molar-refractivity contribution in [3.05, 3.63) is 29.8 Å². The van der Waals surface area contributed by atoms with Crippen molar-refractivity contribution in [3.63, 3.8) is 0 Å². The Morgan fingerprint density at radius 1 is 1.07 bits per heavy atom. The molecule has 1 atom stereocenters. The lowest BCUT2D eigenvalue weighted by molar-refractivity contribution is -0.129. The fraction of sp³-hybridized carbons (Fsp3) is 0.579. The lowest BCUT2D eigenvalue weighted by Gasteiger charge is -2.17. The van der Waals surface area contributed by atoms with Crippen LogP contribution < -0.4 is 5.32 Å². The summed E-state index contributed by atoms with van der Waals surface area (Å²) in [5, 5.41) is 2.89. The number of nitrogens with zero attached hydrogens (tertiary/aromatic N) is 1. The first-order valence-corrected chi connectivity index (χ1v) is 10.9. The van der Waals surface area contributed by atoms with Gasteiger partial charge in [0.15, 0.2) is 6.10 Å². The van der Waals surface area contributed by atoms with Gasteiger partial charge in [-0.1, -0.05) is 12.8 Å². The average Bonchev–Trinajstić information content (AvgIpc) is 3.35. The minimum atomic E-state index is -3.51. The van der Waals surface area contributed by atoms with Crippen LogP contribution in [0.25, 0.3) is 0 Å². The van der Waals surface area contributed by atoms with Crippen LogP contribution in [0.15, 0.2) is 29.2 Å². The number of carbonyl (C=O) groups is 2. The minimum Gasteiger partial charge on any atom is -0.449 e. The summed E-state index contributed by atoms with van der Waals surface area (Å²) in [7, 11) is -3.51. The number of benzene rings is 1. The molecule has 3 rings (SSSR count). The third-order valence-corrected chi connectivity index (χ3v) is 7.06. The van der Waals surface area contributed by atoms with Gasteiger partial charge < -0.3 is 10.1 Å². The van der Waals surface area contributed by atoms with E-state index in [0.29, 0.717) is 13.1 Å². The molecule has 1 unspecified atom stereocenters. The van der Waals surface area contributed by atoms with Gasteiger partial charge in [0, 0.05) is 19.1 Å². The average molecular weight is 394 g/mol. The van der Waals surface area contributed by atoms with E-state index in [1.165, 1.54) is 35.5 Å². The van der Waals surface area contributed by atoms with Crippen LogP contribution in [-0.2, 0) is 19.6 Å². The van der Waals surface area contributed by atoms with Crippen LogP contribution in [0.3, 0.4) is 0 Å². The van der Waals surface area contributed by atoms with Crippen molar-refractivity contribution in [1.82, 2.24) is 9.62 Å². The molecule has 1 aromatic carbocycles. The van der Waals surface area contributed by atoms with Gasteiger partial charge in [0.2, 0.25) is 10.0 Å². The van der Waals surface area contributed by atoms with E-state index in [1.54, 1.807) is 0 Å². The molecular weight excluding hydrogens is 368 g/mol. The van der Waals surface area contributed by atoms with E-state index in [1.807, 2.05) is 0 Å². The molecule has 27 heavy (non-hydrogen) atoms. The van der Waals surface area contributed by atoms with Crippen LogP contribution in [0.4, 0.5) is 0 Å². The van der Waals surface area contributed by atoms with Crippen molar-refractivity contribution in [2.24, 2.45) is 0 Å². The Morgan fingerprint density at radius 2 is 1.67 bits per heavy atom. The largest absolute Gasteiger partial charge is 0.449 e. The summed E-state index contributed by atoms with van der Waals surface area (Å²) in [6.07, 6.45) is 4.96. The monoisotopic (exact) mass is 394 g/mol. The van der Waals surface area contributed by atoms with Crippen molar-refractivity contribution in [2.75, 3.05) is 13.1 Å². The van der Waals surface area contributed by atoms with E-state index in [4.69, 9.17) is 4.74 Å². The Kier molecular flexibility index (Phi) is 6.16. The first-order valence-electron chi connectivity index (χ1n) is 9.49. The molecule has 1 aliphatic carbocycles. The van der Waals surface area contributed by atoms with Crippen LogP contribution in [0.5, 0.6) is 0 Å². The Labute approximate surface area is 160 Å². The molecule has 2 aliphatic rings. The standard InChI is InChI=1S/C19H26N2O5S/c1-14(18(22)20-16-6-2-3-7-16)26-19(23)15-8-10-17(11-9-15)27(24,25)21-12-4-5-13-21/h8-11,14,16H,2-7,12-13H2,1H3,(H,20,22). The van der Waals surface area contributed by atoms with Gasteiger partial charge in [0.25, 0.3) is 5.91 Å². The van der Waals surface area contributed by atoms with E-state index in [-0.39, 0.29) is 22.4 Å². The zero-order valence-corrected chi connectivity index (χ0v) is 16.3. The molecule has 0 aromatic heterocycles. The Hall–Kier alpha value is -1.93. The van der Waals surface area contributed by atoms with E-state index in [0.717, 1.165) is 38.5 Å². The van der Waals surface area contributed by atoms with Gasteiger partial charge >= 0.3 is 5.97 Å². The third-order valence-electron chi connectivity index (χ3n) is 5.15. The first kappa shape index (κ1) is 19.8. The fourth-order valence-electron chi connectivity index (χ4n) is 3.51. The van der Waals surface area contributed by atoms with Gasteiger partial charge in [-0.15, -0.1) is 0 Å². The number of rotatable bonds is 6. The molecule has 1 amide bonds.